The van der Waals surface area contributed by atoms with Crippen LogP contribution < -0.4 is 15.8 Å². The third kappa shape index (κ3) is 5.46. The molecule has 184 valence electrons. The Labute approximate surface area is 203 Å². The number of carbonyl (C=O) groups is 3. The number of hydrogen-bond donors (Lipinski definition) is 3. The summed E-state index contributed by atoms with van der Waals surface area (Å²) in [4.78, 5) is 42.8. The third-order valence-electron chi connectivity index (χ3n) is 6.16. The highest BCUT2D eigenvalue weighted by atomic mass is 16.7. The molecule has 1 aliphatic rings. The SMILES string of the molecule is COC(=O)Oc1ccc2c(c1)CCN(C(=O)[C@@H](Cc1c[nH]c3ccccc13)NC(=O)C(C)(C)N)C2. The third-order valence-corrected chi connectivity index (χ3v) is 6.16. The van der Waals surface area contributed by atoms with Gasteiger partial charge in [-0.25, -0.2) is 4.79 Å². The second kappa shape index (κ2) is 9.79. The van der Waals surface area contributed by atoms with E-state index in [1.165, 1.54) is 7.11 Å². The van der Waals surface area contributed by atoms with Crippen molar-refractivity contribution in [1.82, 2.24) is 15.2 Å². The predicted octanol–water partition coefficient (Wildman–Crippen LogP) is 2.66. The normalized spacial score (nSPS) is 14.2. The van der Waals surface area contributed by atoms with Crippen LogP contribution in [0.4, 0.5) is 4.79 Å². The molecule has 4 rings (SSSR count). The maximum atomic E-state index is 13.7. The number of amides is 2. The average Bonchev–Trinajstić information content (AvgIpc) is 3.25. The number of methoxy groups -OCH3 is 1. The second-order valence-electron chi connectivity index (χ2n) is 9.31. The van der Waals surface area contributed by atoms with Gasteiger partial charge < -0.3 is 30.4 Å². The molecule has 0 radical (unpaired) electrons. The van der Waals surface area contributed by atoms with Gasteiger partial charge in [-0.1, -0.05) is 24.3 Å². The van der Waals surface area contributed by atoms with Gasteiger partial charge in [0.05, 0.1) is 12.6 Å². The first-order chi connectivity index (χ1) is 16.7. The van der Waals surface area contributed by atoms with Crippen molar-refractivity contribution in [3.8, 4) is 5.75 Å². The molecule has 0 saturated heterocycles. The number of H-pyrrole nitrogens is 1. The standard InChI is InChI=1S/C26H30N4O5/c1-26(2,27)24(32)29-22(13-18-14-28-21-7-5-4-6-20(18)21)23(31)30-11-10-16-12-19(35-25(33)34-3)9-8-17(16)15-30/h4-9,12,14,22,28H,10-11,13,15,27H2,1-3H3,(H,29,32)/t22-/m1/s1. The molecule has 0 unspecified atom stereocenters. The summed E-state index contributed by atoms with van der Waals surface area (Å²) in [6.45, 7) is 4.08. The van der Waals surface area contributed by atoms with Crippen LogP contribution in [0.1, 0.15) is 30.5 Å². The molecule has 0 saturated carbocycles. The van der Waals surface area contributed by atoms with Gasteiger partial charge in [0, 0.05) is 36.6 Å². The van der Waals surface area contributed by atoms with Crippen molar-refractivity contribution in [3.63, 3.8) is 0 Å². The first-order valence-electron chi connectivity index (χ1n) is 11.5. The maximum absolute atomic E-state index is 13.7. The van der Waals surface area contributed by atoms with Gasteiger partial charge in [0.15, 0.2) is 0 Å². The Morgan fingerprint density at radius 2 is 1.94 bits per heavy atom. The van der Waals surface area contributed by atoms with Gasteiger partial charge >= 0.3 is 6.16 Å². The van der Waals surface area contributed by atoms with Gasteiger partial charge in [0.1, 0.15) is 11.8 Å². The fourth-order valence-electron chi connectivity index (χ4n) is 4.20. The average molecular weight is 479 g/mol. The lowest BCUT2D eigenvalue weighted by molar-refractivity contribution is -0.138. The predicted molar refractivity (Wildman–Crippen MR) is 131 cm³/mol. The van der Waals surface area contributed by atoms with E-state index < -0.39 is 23.6 Å². The van der Waals surface area contributed by atoms with Crippen molar-refractivity contribution in [2.75, 3.05) is 13.7 Å². The minimum absolute atomic E-state index is 0.173. The number of aromatic amines is 1. The first-order valence-corrected chi connectivity index (χ1v) is 11.5. The van der Waals surface area contributed by atoms with Gasteiger partial charge in [-0.2, -0.15) is 0 Å². The molecular weight excluding hydrogens is 448 g/mol. The summed E-state index contributed by atoms with van der Waals surface area (Å²) in [5.41, 5.74) is 8.74. The highest BCUT2D eigenvalue weighted by Crippen LogP contribution is 2.26. The molecule has 9 heteroatoms. The van der Waals surface area contributed by atoms with Gasteiger partial charge in [0.2, 0.25) is 11.8 Å². The number of nitrogens with two attached hydrogens (primary N) is 1. The van der Waals surface area contributed by atoms with Crippen molar-refractivity contribution < 1.29 is 23.9 Å². The molecule has 35 heavy (non-hydrogen) atoms. The molecule has 2 amide bonds. The zero-order valence-electron chi connectivity index (χ0n) is 20.1. The van der Waals surface area contributed by atoms with Crippen LogP contribution in [0.25, 0.3) is 10.9 Å². The Hall–Kier alpha value is -3.85. The Kier molecular flexibility index (Phi) is 6.79. The van der Waals surface area contributed by atoms with E-state index in [-0.39, 0.29) is 5.91 Å². The Bertz CT molecular complexity index is 1260. The molecule has 1 atom stereocenters. The largest absolute Gasteiger partial charge is 0.513 e. The quantitative estimate of drug-likeness (QED) is 0.369. The zero-order chi connectivity index (χ0) is 25.2. The van der Waals surface area contributed by atoms with E-state index in [2.05, 4.69) is 15.0 Å². The number of nitrogens with zero attached hydrogens (tertiary/aromatic N) is 1. The number of fused-ring (bicyclic) bond motifs is 2. The Morgan fingerprint density at radius 3 is 2.69 bits per heavy atom. The number of carbonyl (C=O) groups excluding carboxylic acids is 3. The van der Waals surface area contributed by atoms with Gasteiger partial charge in [0.25, 0.3) is 0 Å². The maximum Gasteiger partial charge on any atom is 0.513 e. The lowest BCUT2D eigenvalue weighted by Crippen LogP contribution is -2.57. The smallest absolute Gasteiger partial charge is 0.437 e. The van der Waals surface area contributed by atoms with E-state index >= 15 is 0 Å². The van der Waals surface area contributed by atoms with Crippen LogP contribution in [-0.2, 0) is 33.7 Å². The number of ether oxygens (including phenoxy) is 2. The number of hydrogen-bond acceptors (Lipinski definition) is 6. The number of para-hydroxylation sites is 1. The van der Waals surface area contributed by atoms with Crippen molar-refractivity contribution in [1.29, 1.82) is 0 Å². The lowest BCUT2D eigenvalue weighted by Gasteiger charge is -2.33. The fourth-order valence-corrected chi connectivity index (χ4v) is 4.20. The van der Waals surface area contributed by atoms with Crippen LogP contribution in [0.2, 0.25) is 0 Å². The summed E-state index contributed by atoms with van der Waals surface area (Å²) in [6.07, 6.45) is 2.02. The number of nitrogens with one attached hydrogen (secondary N) is 2. The van der Waals surface area contributed by atoms with E-state index in [1.807, 2.05) is 36.5 Å². The molecule has 0 spiro atoms. The zero-order valence-corrected chi connectivity index (χ0v) is 20.1. The van der Waals surface area contributed by atoms with E-state index in [4.69, 9.17) is 10.5 Å². The minimum Gasteiger partial charge on any atom is -0.437 e. The molecule has 0 fully saturated rings. The molecule has 3 aromatic rings. The van der Waals surface area contributed by atoms with Crippen LogP contribution in [0.15, 0.2) is 48.7 Å². The van der Waals surface area contributed by atoms with E-state index in [9.17, 15) is 14.4 Å². The molecule has 1 aromatic heterocycles. The highest BCUT2D eigenvalue weighted by Gasteiger charge is 2.32. The summed E-state index contributed by atoms with van der Waals surface area (Å²) >= 11 is 0. The summed E-state index contributed by atoms with van der Waals surface area (Å²) in [5, 5.41) is 3.89. The summed E-state index contributed by atoms with van der Waals surface area (Å²) in [7, 11) is 1.25. The van der Waals surface area contributed by atoms with Crippen LogP contribution in [0.3, 0.4) is 0 Å². The van der Waals surface area contributed by atoms with E-state index in [1.54, 1.807) is 30.9 Å². The summed E-state index contributed by atoms with van der Waals surface area (Å²) < 4.78 is 9.65. The Morgan fingerprint density at radius 1 is 1.17 bits per heavy atom. The molecule has 1 aliphatic heterocycles. The highest BCUT2D eigenvalue weighted by molar-refractivity contribution is 5.92. The van der Waals surface area contributed by atoms with Crippen LogP contribution in [-0.4, -0.2) is 53.1 Å². The molecule has 2 heterocycles. The van der Waals surface area contributed by atoms with Crippen LogP contribution >= 0.6 is 0 Å². The number of benzene rings is 2. The molecule has 0 aliphatic carbocycles. The van der Waals surface area contributed by atoms with E-state index in [0.717, 1.165) is 27.6 Å². The van der Waals surface area contributed by atoms with Crippen molar-refractivity contribution in [2.45, 2.75) is 44.8 Å². The molecule has 9 nitrogen and oxygen atoms in total. The number of rotatable bonds is 6. The fraction of sp³-hybridized carbons (Fsp3) is 0.346. The van der Waals surface area contributed by atoms with Gasteiger partial charge in [-0.15, -0.1) is 0 Å². The monoisotopic (exact) mass is 478 g/mol. The molecule has 0 bridgehead atoms. The first kappa shape index (κ1) is 24.3. The molecule has 4 N–H and O–H groups in total. The molecule has 2 aromatic carbocycles. The van der Waals surface area contributed by atoms with Crippen LogP contribution in [0.5, 0.6) is 5.75 Å². The molecular formula is C26H30N4O5. The summed E-state index contributed by atoms with van der Waals surface area (Å²) in [5.74, 6) is -0.170. The van der Waals surface area contributed by atoms with Gasteiger partial charge in [-0.05, 0) is 55.2 Å². The van der Waals surface area contributed by atoms with Crippen molar-refractivity contribution in [2.24, 2.45) is 5.73 Å². The lowest BCUT2D eigenvalue weighted by atomic mass is 9.97. The second-order valence-corrected chi connectivity index (χ2v) is 9.31. The van der Waals surface area contributed by atoms with Gasteiger partial charge in [-0.3, -0.25) is 9.59 Å². The number of aromatic nitrogens is 1. The van der Waals surface area contributed by atoms with Crippen LogP contribution in [0, 0.1) is 0 Å². The minimum atomic E-state index is -1.12. The van der Waals surface area contributed by atoms with Crippen molar-refractivity contribution in [3.05, 3.63) is 65.4 Å². The topological polar surface area (TPSA) is 127 Å². The van der Waals surface area contributed by atoms with Crippen molar-refractivity contribution >= 4 is 28.9 Å². The summed E-state index contributed by atoms with van der Waals surface area (Å²) in [6, 6.07) is 12.4. The Balaban J connectivity index is 1.55. The van der Waals surface area contributed by atoms with E-state index in [0.29, 0.717) is 31.7 Å².